The van der Waals surface area contributed by atoms with Gasteiger partial charge in [-0.25, -0.2) is 0 Å². The molecule has 2 aliphatic rings. The fourth-order valence-corrected chi connectivity index (χ4v) is 3.77. The van der Waals surface area contributed by atoms with Crippen molar-refractivity contribution in [2.24, 2.45) is 23.7 Å². The minimum atomic E-state index is 0.720. The topological polar surface area (TPSA) is 68.0 Å². The molecule has 0 radical (unpaired) electrons. The molecule has 3 aromatic rings. The van der Waals surface area contributed by atoms with Crippen LogP contribution in [0.25, 0.3) is 17.0 Å². The van der Waals surface area contributed by atoms with Crippen LogP contribution in [0.4, 0.5) is 5.82 Å². The Morgan fingerprint density at radius 2 is 2.08 bits per heavy atom. The van der Waals surface area contributed by atoms with Gasteiger partial charge in [-0.15, -0.1) is 15.3 Å². The number of rotatable bonds is 5. The molecular formula is C18H20N6. The van der Waals surface area contributed by atoms with Gasteiger partial charge in [-0.3, -0.25) is 4.98 Å². The Kier molecular flexibility index (Phi) is 3.04. The third-order valence-electron chi connectivity index (χ3n) is 5.43. The first-order chi connectivity index (χ1) is 11.8. The normalized spacial score (nSPS) is 28.0. The van der Waals surface area contributed by atoms with Crippen molar-refractivity contribution >= 4 is 11.5 Å². The number of hydrogen-bond donors (Lipinski definition) is 1. The van der Waals surface area contributed by atoms with Crippen LogP contribution in [0.2, 0.25) is 0 Å². The lowest BCUT2D eigenvalue weighted by Gasteiger charge is -2.06. The molecule has 2 aliphatic carbocycles. The van der Waals surface area contributed by atoms with E-state index in [1.165, 1.54) is 12.8 Å². The molecule has 2 saturated carbocycles. The van der Waals surface area contributed by atoms with Crippen LogP contribution in [0.1, 0.15) is 19.8 Å². The van der Waals surface area contributed by atoms with Crippen molar-refractivity contribution in [2.75, 3.05) is 11.9 Å². The minimum absolute atomic E-state index is 0.720. The first-order valence-electron chi connectivity index (χ1n) is 8.66. The zero-order valence-corrected chi connectivity index (χ0v) is 13.6. The monoisotopic (exact) mass is 320 g/mol. The summed E-state index contributed by atoms with van der Waals surface area (Å²) in [6, 6.07) is 7.80. The van der Waals surface area contributed by atoms with Crippen LogP contribution in [0.15, 0.2) is 36.7 Å². The molecule has 6 nitrogen and oxygen atoms in total. The summed E-state index contributed by atoms with van der Waals surface area (Å²) >= 11 is 0. The van der Waals surface area contributed by atoms with Crippen LogP contribution >= 0.6 is 0 Å². The van der Waals surface area contributed by atoms with Crippen molar-refractivity contribution in [1.29, 1.82) is 0 Å². The molecule has 0 saturated heterocycles. The average molecular weight is 320 g/mol. The number of nitrogens with zero attached hydrogens (tertiary/aromatic N) is 5. The molecule has 0 bridgehead atoms. The van der Waals surface area contributed by atoms with E-state index >= 15 is 0 Å². The van der Waals surface area contributed by atoms with E-state index in [0.717, 1.165) is 53.1 Å². The zero-order chi connectivity index (χ0) is 16.1. The molecule has 0 aromatic carbocycles. The van der Waals surface area contributed by atoms with Gasteiger partial charge < -0.3 is 5.32 Å². The third-order valence-corrected chi connectivity index (χ3v) is 5.43. The molecule has 0 spiro atoms. The number of hydrogen-bond acceptors (Lipinski definition) is 5. The van der Waals surface area contributed by atoms with Crippen molar-refractivity contribution < 1.29 is 0 Å². The van der Waals surface area contributed by atoms with Crippen LogP contribution < -0.4 is 5.32 Å². The molecular weight excluding hydrogens is 300 g/mol. The number of nitrogens with one attached hydrogen (secondary N) is 1. The van der Waals surface area contributed by atoms with E-state index in [0.29, 0.717) is 0 Å². The van der Waals surface area contributed by atoms with Gasteiger partial charge in [0, 0.05) is 24.5 Å². The third kappa shape index (κ3) is 2.42. The second-order valence-corrected chi connectivity index (χ2v) is 7.17. The van der Waals surface area contributed by atoms with Gasteiger partial charge in [0.1, 0.15) is 5.82 Å². The predicted molar refractivity (Wildman–Crippen MR) is 91.4 cm³/mol. The van der Waals surface area contributed by atoms with E-state index in [1.807, 2.05) is 24.3 Å². The van der Waals surface area contributed by atoms with Crippen LogP contribution in [-0.4, -0.2) is 31.3 Å². The molecule has 4 unspecified atom stereocenters. The van der Waals surface area contributed by atoms with Crippen LogP contribution in [0.3, 0.4) is 0 Å². The number of anilines is 1. The van der Waals surface area contributed by atoms with Gasteiger partial charge in [-0.2, -0.15) is 4.52 Å². The summed E-state index contributed by atoms with van der Waals surface area (Å²) in [6.45, 7) is 3.38. The molecule has 1 N–H and O–H groups in total. The van der Waals surface area contributed by atoms with Gasteiger partial charge in [0.25, 0.3) is 0 Å². The highest BCUT2D eigenvalue weighted by molar-refractivity contribution is 5.58. The second kappa shape index (κ2) is 5.26. The second-order valence-electron chi connectivity index (χ2n) is 7.17. The Labute approximate surface area is 140 Å². The summed E-state index contributed by atoms with van der Waals surface area (Å²) in [6.07, 6.45) is 6.34. The smallest absolute Gasteiger partial charge is 0.187 e. The highest BCUT2D eigenvalue weighted by Crippen LogP contribution is 2.57. The quantitative estimate of drug-likeness (QED) is 0.783. The van der Waals surface area contributed by atoms with Crippen LogP contribution in [0.5, 0.6) is 0 Å². The molecule has 2 fully saturated rings. The maximum atomic E-state index is 4.66. The van der Waals surface area contributed by atoms with E-state index in [1.54, 1.807) is 16.9 Å². The van der Waals surface area contributed by atoms with Gasteiger partial charge in [-0.05, 0) is 60.8 Å². The summed E-state index contributed by atoms with van der Waals surface area (Å²) in [5, 5.41) is 16.6. The van der Waals surface area contributed by atoms with E-state index in [4.69, 9.17) is 0 Å². The van der Waals surface area contributed by atoms with E-state index in [9.17, 15) is 0 Å². The summed E-state index contributed by atoms with van der Waals surface area (Å²) in [4.78, 5) is 4.15. The highest BCUT2D eigenvalue weighted by atomic mass is 15.4. The fraction of sp³-hybridized carbons (Fsp3) is 0.444. The molecule has 6 heteroatoms. The summed E-state index contributed by atoms with van der Waals surface area (Å²) in [5.41, 5.74) is 1.66. The molecule has 0 aliphatic heterocycles. The lowest BCUT2D eigenvalue weighted by atomic mass is 10.2. The molecule has 3 aromatic heterocycles. The lowest BCUT2D eigenvalue weighted by Crippen LogP contribution is -2.09. The molecule has 122 valence electrons. The average Bonchev–Trinajstić information content (AvgIpc) is 3.50. The van der Waals surface area contributed by atoms with Gasteiger partial charge >= 0.3 is 0 Å². The number of fused-ring (bicyclic) bond motifs is 1. The van der Waals surface area contributed by atoms with Crippen LogP contribution in [0, 0.1) is 23.7 Å². The van der Waals surface area contributed by atoms with Gasteiger partial charge in [0.05, 0.1) is 0 Å². The molecule has 5 rings (SSSR count). The van der Waals surface area contributed by atoms with Gasteiger partial charge in [-0.1, -0.05) is 6.92 Å². The largest absolute Gasteiger partial charge is 0.368 e. The van der Waals surface area contributed by atoms with Gasteiger partial charge in [0.15, 0.2) is 11.5 Å². The summed E-state index contributed by atoms with van der Waals surface area (Å²) in [5.74, 6) is 5.30. The van der Waals surface area contributed by atoms with E-state index < -0.39 is 0 Å². The maximum absolute atomic E-state index is 4.66. The Bertz CT molecular complexity index is 874. The maximum Gasteiger partial charge on any atom is 0.187 e. The van der Waals surface area contributed by atoms with Crippen molar-refractivity contribution in [3.05, 3.63) is 36.7 Å². The van der Waals surface area contributed by atoms with Crippen molar-refractivity contribution in [2.45, 2.75) is 19.8 Å². The van der Waals surface area contributed by atoms with Crippen molar-refractivity contribution in [3.63, 3.8) is 0 Å². The lowest BCUT2D eigenvalue weighted by molar-refractivity contribution is 0.603. The Morgan fingerprint density at radius 3 is 2.88 bits per heavy atom. The Balaban J connectivity index is 1.34. The Hall–Kier alpha value is -2.50. The number of pyridine rings is 1. The first-order valence-corrected chi connectivity index (χ1v) is 8.66. The van der Waals surface area contributed by atoms with Gasteiger partial charge in [0.2, 0.25) is 0 Å². The SMILES string of the molecule is CC1CC1C1CC1CNc1ccc2nnc(-c3cccnc3)n2n1. The number of aromatic nitrogens is 5. The fourth-order valence-electron chi connectivity index (χ4n) is 3.77. The minimum Gasteiger partial charge on any atom is -0.368 e. The standard InChI is InChI=1S/C18H20N6/c1-11-7-14(11)15-8-13(15)10-20-16-4-5-17-21-22-18(24(17)23-16)12-3-2-6-19-9-12/h2-6,9,11,13-15H,7-8,10H2,1H3,(H,20,23). The van der Waals surface area contributed by atoms with Crippen LogP contribution in [-0.2, 0) is 0 Å². The molecule has 0 amide bonds. The zero-order valence-electron chi connectivity index (χ0n) is 13.6. The van der Waals surface area contributed by atoms with E-state index in [2.05, 4.69) is 32.5 Å². The summed E-state index contributed by atoms with van der Waals surface area (Å²) < 4.78 is 1.78. The highest BCUT2D eigenvalue weighted by Gasteiger charge is 2.51. The first kappa shape index (κ1) is 13.9. The molecule has 3 heterocycles. The van der Waals surface area contributed by atoms with E-state index in [-0.39, 0.29) is 0 Å². The Morgan fingerprint density at radius 1 is 1.17 bits per heavy atom. The molecule has 24 heavy (non-hydrogen) atoms. The molecule has 4 atom stereocenters. The van der Waals surface area contributed by atoms with Crippen molar-refractivity contribution in [3.8, 4) is 11.4 Å². The van der Waals surface area contributed by atoms with Crippen molar-refractivity contribution in [1.82, 2.24) is 24.8 Å². The predicted octanol–water partition coefficient (Wildman–Crippen LogP) is 2.89. The summed E-state index contributed by atoms with van der Waals surface area (Å²) in [7, 11) is 0.